The molecule has 1 aromatic heterocycles. The van der Waals surface area contributed by atoms with Gasteiger partial charge in [0.1, 0.15) is 5.75 Å². The third kappa shape index (κ3) is 5.57. The van der Waals surface area contributed by atoms with Crippen LogP contribution in [0.3, 0.4) is 0 Å². The van der Waals surface area contributed by atoms with Crippen LogP contribution >= 0.6 is 0 Å². The van der Waals surface area contributed by atoms with Crippen molar-refractivity contribution in [3.05, 3.63) is 58.7 Å². The van der Waals surface area contributed by atoms with Gasteiger partial charge in [-0.25, -0.2) is 4.72 Å². The zero-order valence-corrected chi connectivity index (χ0v) is 23.2. The molecule has 1 saturated carbocycles. The number of nitrogens with one attached hydrogen (secondary N) is 1. The van der Waals surface area contributed by atoms with E-state index in [0.29, 0.717) is 31.2 Å². The van der Waals surface area contributed by atoms with E-state index in [1.54, 1.807) is 0 Å². The van der Waals surface area contributed by atoms with Crippen molar-refractivity contribution in [1.82, 2.24) is 18.5 Å². The molecule has 0 spiro atoms. The first kappa shape index (κ1) is 14.4. The van der Waals surface area contributed by atoms with E-state index in [0.717, 1.165) is 35.3 Å². The maximum absolute atomic E-state index is 14.9. The minimum atomic E-state index is -6.10. The van der Waals surface area contributed by atoms with Gasteiger partial charge in [-0.1, -0.05) is 25.3 Å². The van der Waals surface area contributed by atoms with Crippen molar-refractivity contribution < 1.29 is 53.5 Å². The van der Waals surface area contributed by atoms with Gasteiger partial charge >= 0.3 is 10.2 Å². The minimum absolute atomic E-state index is 0.00607. The predicted octanol–water partition coefficient (Wildman–Crippen LogP) is 4.16. The van der Waals surface area contributed by atoms with Gasteiger partial charge in [-0.15, -0.1) is 0 Å². The fraction of sp³-hybridized carbons (Fsp3) is 0.438. The predicted molar refractivity (Wildman–Crippen MR) is 165 cm³/mol. The third-order valence-electron chi connectivity index (χ3n) is 7.51. The Morgan fingerprint density at radius 2 is 1.88 bits per heavy atom. The molecule has 1 fully saturated rings. The first-order valence-electron chi connectivity index (χ1n) is 22.6. The Balaban J connectivity index is 1.80. The number of nitrogens with zero attached hydrogens (tertiary/aromatic N) is 3. The monoisotopic (exact) mass is 625 g/mol. The summed E-state index contributed by atoms with van der Waals surface area (Å²) in [4.78, 5) is 28.0. The number of likely N-dealkylation sites (N-methyl/N-ethyl adjacent to an activating group) is 2. The van der Waals surface area contributed by atoms with Crippen molar-refractivity contribution in [2.24, 2.45) is 0 Å². The summed E-state index contributed by atoms with van der Waals surface area (Å²) in [5.41, 5.74) is -1.80. The van der Waals surface area contributed by atoms with E-state index >= 15 is 0 Å². The lowest BCUT2D eigenvalue weighted by Gasteiger charge is -2.24. The Hall–Kier alpha value is -3.67. The summed E-state index contributed by atoms with van der Waals surface area (Å²) in [5.74, 6) is -4.49. The molecule has 3 aromatic rings. The van der Waals surface area contributed by atoms with Crippen molar-refractivity contribution in [2.45, 2.75) is 44.5 Å². The number of hydrogen-bond acceptors (Lipinski definition) is 6. The fourth-order valence-corrected chi connectivity index (χ4v) is 6.21. The largest absolute Gasteiger partial charge is 0.497 e. The SMILES string of the molecule is [2H]C([2H])([2H])Oc1ccc2c(c1)C=C1C(=O)N(C([2H])([2H])[2H])C([2H])([2H])C([2H])([2H])OC([2H])([2H])C([2H])([2H])N(C([2H])([2H])[2H])S(=O)(=O)NC(=O)c3ccc4c(C5CCCCC5)c-2n(c4c3)C1([2H])[2H]. The highest BCUT2D eigenvalue weighted by Gasteiger charge is 2.31. The van der Waals surface area contributed by atoms with Crippen LogP contribution in [0.25, 0.3) is 28.2 Å². The second kappa shape index (κ2) is 11.8. The molecule has 1 N–H and O–H groups in total. The molecule has 3 aliphatic rings. The molecule has 0 radical (unpaired) electrons. The van der Waals surface area contributed by atoms with Crippen molar-refractivity contribution in [1.29, 1.82) is 0 Å². The molecular weight excluding hydrogens is 568 g/mol. The molecule has 10 nitrogen and oxygen atoms in total. The molecule has 0 saturated heterocycles. The number of aromatic nitrogens is 1. The van der Waals surface area contributed by atoms with Crippen LogP contribution in [0.2, 0.25) is 0 Å². The van der Waals surface area contributed by atoms with Crippen molar-refractivity contribution >= 4 is 39.0 Å². The zero-order chi connectivity index (χ0) is 46.8. The van der Waals surface area contributed by atoms with Crippen LogP contribution in [0.1, 0.15) is 85.6 Å². The summed E-state index contributed by atoms with van der Waals surface area (Å²) < 4.78 is 197. The lowest BCUT2D eigenvalue weighted by Crippen LogP contribution is -2.42. The van der Waals surface area contributed by atoms with Gasteiger partial charge in [0.15, 0.2) is 0 Å². The van der Waals surface area contributed by atoms with E-state index in [1.807, 2.05) is 0 Å². The molecule has 3 heterocycles. The Bertz CT molecular complexity index is 2470. The number of carbonyl (C=O) groups is 2. The van der Waals surface area contributed by atoms with Crippen molar-refractivity contribution in [3.8, 4) is 17.0 Å². The zero-order valence-electron chi connectivity index (χ0n) is 41.4. The van der Waals surface area contributed by atoms with E-state index in [9.17, 15) is 20.7 Å². The van der Waals surface area contributed by atoms with Gasteiger partial charge in [0.2, 0.25) is 0 Å². The first-order chi connectivity index (χ1) is 28.0. The fourth-order valence-electron chi connectivity index (χ4n) is 5.61. The lowest BCUT2D eigenvalue weighted by atomic mass is 9.81. The van der Waals surface area contributed by atoms with Crippen molar-refractivity contribution in [3.63, 3.8) is 0 Å². The van der Waals surface area contributed by atoms with E-state index in [-0.39, 0.29) is 39.4 Å². The van der Waals surface area contributed by atoms with Crippen LogP contribution in [0.4, 0.5) is 0 Å². The molecule has 4 bridgehead atoms. The molecule has 43 heavy (non-hydrogen) atoms. The summed E-state index contributed by atoms with van der Waals surface area (Å²) in [6.45, 7) is -30.0. The molecule has 11 heteroatoms. The average molecular weight is 626 g/mol. The van der Waals surface area contributed by atoms with Gasteiger partial charge in [0, 0.05) is 65.5 Å². The number of ether oxygens (including phenoxy) is 2. The molecule has 2 amide bonds. The van der Waals surface area contributed by atoms with Gasteiger partial charge in [0.25, 0.3) is 11.8 Å². The van der Waals surface area contributed by atoms with Crippen LogP contribution < -0.4 is 9.46 Å². The van der Waals surface area contributed by atoms with E-state index in [1.165, 1.54) is 22.9 Å². The highest BCUT2D eigenvalue weighted by atomic mass is 32.2. The summed E-state index contributed by atoms with van der Waals surface area (Å²) in [6, 6.07) is 6.98. The number of carbonyl (C=O) groups excluding carboxylic acids is 2. The summed E-state index contributed by atoms with van der Waals surface area (Å²) in [5, 5.41) is 0.219. The van der Waals surface area contributed by atoms with Crippen LogP contribution in [0, 0.1) is 0 Å². The molecule has 0 atom stereocenters. The van der Waals surface area contributed by atoms with Gasteiger partial charge in [-0.2, -0.15) is 12.7 Å². The van der Waals surface area contributed by atoms with E-state index in [2.05, 4.69) is 4.74 Å². The summed E-state index contributed by atoms with van der Waals surface area (Å²) >= 11 is 0. The van der Waals surface area contributed by atoms with Gasteiger partial charge in [-0.05, 0) is 66.3 Å². The van der Waals surface area contributed by atoms with Crippen LogP contribution in [-0.2, 0) is 26.2 Å². The average Bonchev–Trinajstić information content (AvgIpc) is 3.38. The smallest absolute Gasteiger partial charge is 0.303 e. The van der Waals surface area contributed by atoms with Gasteiger partial charge in [-0.3, -0.25) is 9.59 Å². The van der Waals surface area contributed by atoms with Gasteiger partial charge in [0.05, 0.1) is 47.4 Å². The maximum atomic E-state index is 14.9. The molecule has 0 unspecified atom stereocenters. The maximum Gasteiger partial charge on any atom is 0.303 e. The third-order valence-corrected chi connectivity index (χ3v) is 8.53. The number of rotatable bonds is 2. The molecule has 2 aliphatic heterocycles. The number of amides is 2. The number of benzene rings is 2. The standard InChI is InChI=1S/C32H38N4O6S/c1-34-13-15-42-16-14-35(2)43(39,40)33-31(37)22-9-11-27-28(19-22)36-20-24(32(34)38)17-23-18-25(41-3)10-12-26(23)30(36)29(27)21-7-5-4-6-8-21/h9-12,17-19,21H,4-8,13-16,20H2,1-3H3,(H,33,37)/i1D3,2D3,3D3,13D2,14D2,15D2,16D2,20D2. The lowest BCUT2D eigenvalue weighted by molar-refractivity contribution is -0.126. The molecule has 1 aliphatic carbocycles. The minimum Gasteiger partial charge on any atom is -0.497 e. The highest BCUT2D eigenvalue weighted by Crippen LogP contribution is 2.47. The molecule has 228 valence electrons. The van der Waals surface area contributed by atoms with Crippen LogP contribution in [-0.4, -0.2) is 81.1 Å². The van der Waals surface area contributed by atoms with Gasteiger partial charge < -0.3 is 18.9 Å². The van der Waals surface area contributed by atoms with E-state index in [4.69, 9.17) is 28.0 Å². The molecule has 6 rings (SSSR count). The number of hydrogen-bond donors (Lipinski definition) is 1. The molecular formula is C32H38N4O6S. The second-order valence-corrected chi connectivity index (χ2v) is 11.6. The summed E-state index contributed by atoms with van der Waals surface area (Å²) in [6.07, 6.45) is 4.09. The number of methoxy groups -OCH3 is 1. The number of fused-ring (bicyclic) bond motifs is 4. The Morgan fingerprint density at radius 1 is 1.05 bits per heavy atom. The summed E-state index contributed by atoms with van der Waals surface area (Å²) in [7, 11) is -9.14. The van der Waals surface area contributed by atoms with Crippen LogP contribution in [0.15, 0.2) is 42.0 Å². The second-order valence-electron chi connectivity index (χ2n) is 10.1. The Morgan fingerprint density at radius 3 is 2.67 bits per heavy atom. The Labute approximate surface area is 279 Å². The normalized spacial score (nSPS) is 33.7. The first-order valence-corrected chi connectivity index (χ1v) is 14.6. The Kier molecular flexibility index (Phi) is 3.95. The van der Waals surface area contributed by atoms with E-state index < -0.39 is 96.0 Å². The van der Waals surface area contributed by atoms with Crippen molar-refractivity contribution in [2.75, 3.05) is 47.1 Å². The highest BCUT2D eigenvalue weighted by molar-refractivity contribution is 7.87. The molecule has 2 aromatic carbocycles. The quantitative estimate of drug-likeness (QED) is 0.458. The topological polar surface area (TPSA) is 110 Å². The van der Waals surface area contributed by atoms with Crippen LogP contribution in [0.5, 0.6) is 5.75 Å².